The van der Waals surface area contributed by atoms with Gasteiger partial charge in [-0.1, -0.05) is 29.8 Å². The lowest BCUT2D eigenvalue weighted by atomic mass is 9.99. The Hall–Kier alpha value is -4.15. The van der Waals surface area contributed by atoms with Gasteiger partial charge in [0.1, 0.15) is 16.9 Å². The Morgan fingerprint density at radius 2 is 1.81 bits per heavy atom. The maximum Gasteiger partial charge on any atom is 0.243 e. The van der Waals surface area contributed by atoms with Gasteiger partial charge in [-0.25, -0.2) is 0 Å². The second-order valence-electron chi connectivity index (χ2n) is 10.1. The molecule has 2 amide bonds. The predicted molar refractivity (Wildman–Crippen MR) is 166 cm³/mol. The minimum atomic E-state index is -0.512. The fourth-order valence-corrected chi connectivity index (χ4v) is 6.12. The Bertz CT molecular complexity index is 1640. The Morgan fingerprint density at radius 3 is 2.55 bits per heavy atom. The molecule has 42 heavy (non-hydrogen) atoms. The van der Waals surface area contributed by atoms with E-state index in [1.54, 1.807) is 29.8 Å². The normalized spacial score (nSPS) is 14.2. The zero-order valence-corrected chi connectivity index (χ0v) is 25.3. The van der Waals surface area contributed by atoms with E-state index in [4.69, 9.17) is 16.6 Å². The summed E-state index contributed by atoms with van der Waals surface area (Å²) < 4.78 is 2.04. The molecule has 11 heteroatoms. The van der Waals surface area contributed by atoms with Crippen LogP contribution in [0.4, 0.5) is 0 Å². The number of carbonyl (C=O) groups is 2. The number of fused-ring (bicyclic) bond motifs is 3. The first-order valence-electron chi connectivity index (χ1n) is 13.8. The van der Waals surface area contributed by atoms with Crippen molar-refractivity contribution in [2.24, 2.45) is 4.99 Å². The summed E-state index contributed by atoms with van der Waals surface area (Å²) >= 11 is 7.86. The molecule has 216 valence electrons. The molecule has 4 heterocycles. The molecule has 4 aromatic rings. The number of carbonyl (C=O) groups excluding carboxylic acids is 2. The third-order valence-corrected chi connectivity index (χ3v) is 8.52. The van der Waals surface area contributed by atoms with Crippen LogP contribution < -0.4 is 10.6 Å². The highest BCUT2D eigenvalue weighted by molar-refractivity contribution is 7.15. The van der Waals surface area contributed by atoms with Gasteiger partial charge in [0.2, 0.25) is 11.8 Å². The predicted octanol–water partition coefficient (Wildman–Crippen LogP) is 5.31. The third-order valence-electron chi connectivity index (χ3n) is 7.07. The molecule has 1 aliphatic heterocycles. The lowest BCUT2D eigenvalue weighted by Gasteiger charge is -2.13. The molecule has 0 saturated heterocycles. The van der Waals surface area contributed by atoms with Gasteiger partial charge >= 0.3 is 0 Å². The van der Waals surface area contributed by atoms with Gasteiger partial charge in [0.05, 0.1) is 12.1 Å². The van der Waals surface area contributed by atoms with Crippen LogP contribution in [0.3, 0.4) is 0 Å². The summed E-state index contributed by atoms with van der Waals surface area (Å²) in [4.78, 5) is 35.5. The molecular formula is C31H32ClN7O2S. The first-order chi connectivity index (χ1) is 20.3. The van der Waals surface area contributed by atoms with Crippen LogP contribution in [-0.4, -0.2) is 50.4 Å². The van der Waals surface area contributed by atoms with Crippen LogP contribution in [0, 0.1) is 20.8 Å². The van der Waals surface area contributed by atoms with Crippen LogP contribution in [0.5, 0.6) is 0 Å². The lowest BCUT2D eigenvalue weighted by Crippen LogP contribution is -2.28. The Morgan fingerprint density at radius 1 is 1.05 bits per heavy atom. The Kier molecular flexibility index (Phi) is 9.24. The fraction of sp³-hybridized carbons (Fsp3) is 0.290. The molecule has 2 N–H and O–H groups in total. The van der Waals surface area contributed by atoms with E-state index in [0.717, 1.165) is 51.6 Å². The van der Waals surface area contributed by atoms with Crippen molar-refractivity contribution in [2.75, 3.05) is 13.1 Å². The monoisotopic (exact) mass is 601 g/mol. The van der Waals surface area contributed by atoms with E-state index in [0.29, 0.717) is 23.9 Å². The molecule has 0 radical (unpaired) electrons. The van der Waals surface area contributed by atoms with Crippen LogP contribution in [-0.2, 0) is 9.59 Å². The number of aryl methyl sites for hydroxylation is 2. The standard InChI is InChI=1S/C31H32ClN7O2S/c1-19-20(2)42-31-28(19)29(23-9-11-24(32)12-10-23)36-25(30-38-37-21(3)39(30)31)17-27(41)35-16-5-4-15-34-26(40)13-8-22-7-6-14-33-18-22/h6-14,18,25H,4-5,15-17H2,1-3H3,(H,34,40)(H,35,41)/b13-8+/t25-/m0/s1. The summed E-state index contributed by atoms with van der Waals surface area (Å²) in [6, 6.07) is 10.8. The number of unbranched alkanes of at least 4 members (excludes halogenated alkanes) is 1. The maximum atomic E-state index is 13.1. The number of nitrogens with one attached hydrogen (secondary N) is 2. The number of aliphatic imine (C=N–C) groups is 1. The summed E-state index contributed by atoms with van der Waals surface area (Å²) in [5.41, 5.74) is 4.79. The second kappa shape index (κ2) is 13.2. The third kappa shape index (κ3) is 6.66. The molecule has 0 aliphatic carbocycles. The smallest absolute Gasteiger partial charge is 0.243 e. The molecule has 1 aromatic carbocycles. The zero-order valence-electron chi connectivity index (χ0n) is 23.7. The number of hydrogen-bond donors (Lipinski definition) is 2. The number of nitrogens with zero attached hydrogens (tertiary/aromatic N) is 5. The quantitative estimate of drug-likeness (QED) is 0.189. The van der Waals surface area contributed by atoms with E-state index in [9.17, 15) is 9.59 Å². The topological polar surface area (TPSA) is 114 Å². The maximum absolute atomic E-state index is 13.1. The van der Waals surface area contributed by atoms with E-state index >= 15 is 0 Å². The van der Waals surface area contributed by atoms with Gasteiger partial charge in [-0.2, -0.15) is 0 Å². The molecule has 0 unspecified atom stereocenters. The molecule has 3 aromatic heterocycles. The minimum absolute atomic E-state index is 0.118. The molecular weight excluding hydrogens is 570 g/mol. The van der Waals surface area contributed by atoms with Crippen LogP contribution in [0.2, 0.25) is 5.02 Å². The highest BCUT2D eigenvalue weighted by Gasteiger charge is 2.32. The number of rotatable bonds is 10. The van der Waals surface area contributed by atoms with Crippen molar-refractivity contribution in [2.45, 2.75) is 46.1 Å². The summed E-state index contributed by atoms with van der Waals surface area (Å²) in [6.07, 6.45) is 8.20. The average molecular weight is 602 g/mol. The first kappa shape index (κ1) is 29.3. The molecule has 1 atom stereocenters. The van der Waals surface area contributed by atoms with Crippen LogP contribution in [0.15, 0.2) is 59.9 Å². The number of pyridine rings is 1. The second-order valence-corrected chi connectivity index (χ2v) is 11.7. The minimum Gasteiger partial charge on any atom is -0.356 e. The largest absolute Gasteiger partial charge is 0.356 e. The van der Waals surface area contributed by atoms with Gasteiger partial charge in [-0.05, 0) is 69.0 Å². The van der Waals surface area contributed by atoms with Crippen molar-refractivity contribution in [1.82, 2.24) is 30.4 Å². The molecule has 0 saturated carbocycles. The number of aromatic nitrogens is 4. The van der Waals surface area contributed by atoms with Crippen LogP contribution in [0.1, 0.15) is 64.1 Å². The van der Waals surface area contributed by atoms with Gasteiger partial charge in [0.25, 0.3) is 0 Å². The van der Waals surface area contributed by atoms with Gasteiger partial charge in [-0.3, -0.25) is 24.1 Å². The highest BCUT2D eigenvalue weighted by Crippen LogP contribution is 2.39. The van der Waals surface area contributed by atoms with Crippen molar-refractivity contribution < 1.29 is 9.59 Å². The summed E-state index contributed by atoms with van der Waals surface area (Å²) in [5, 5.41) is 16.3. The van der Waals surface area contributed by atoms with Gasteiger partial charge < -0.3 is 10.6 Å². The van der Waals surface area contributed by atoms with Crippen molar-refractivity contribution in [3.05, 3.63) is 98.7 Å². The van der Waals surface area contributed by atoms with E-state index in [1.165, 1.54) is 11.0 Å². The van der Waals surface area contributed by atoms with E-state index in [2.05, 4.69) is 39.7 Å². The van der Waals surface area contributed by atoms with Crippen molar-refractivity contribution in [1.29, 1.82) is 0 Å². The van der Waals surface area contributed by atoms with E-state index in [1.807, 2.05) is 47.9 Å². The fourth-order valence-electron chi connectivity index (χ4n) is 4.78. The Labute approximate surface area is 253 Å². The number of halogens is 1. The summed E-state index contributed by atoms with van der Waals surface area (Å²) in [7, 11) is 0. The molecule has 0 fully saturated rings. The van der Waals surface area contributed by atoms with Gasteiger partial charge in [0.15, 0.2) is 5.82 Å². The number of amides is 2. The lowest BCUT2D eigenvalue weighted by molar-refractivity contribution is -0.121. The molecule has 9 nitrogen and oxygen atoms in total. The summed E-state index contributed by atoms with van der Waals surface area (Å²) in [5.74, 6) is 1.12. The zero-order chi connectivity index (χ0) is 29.6. The summed E-state index contributed by atoms with van der Waals surface area (Å²) in [6.45, 7) is 7.14. The van der Waals surface area contributed by atoms with E-state index < -0.39 is 6.04 Å². The van der Waals surface area contributed by atoms with E-state index in [-0.39, 0.29) is 18.2 Å². The highest BCUT2D eigenvalue weighted by atomic mass is 35.5. The van der Waals surface area contributed by atoms with Crippen LogP contribution in [0.25, 0.3) is 11.1 Å². The molecule has 1 aliphatic rings. The first-order valence-corrected chi connectivity index (χ1v) is 15.0. The van der Waals surface area contributed by atoms with Crippen LogP contribution >= 0.6 is 22.9 Å². The van der Waals surface area contributed by atoms with Gasteiger partial charge in [-0.15, -0.1) is 21.5 Å². The van der Waals surface area contributed by atoms with Crippen molar-refractivity contribution in [3.8, 4) is 5.00 Å². The number of benzene rings is 1. The Balaban J connectivity index is 1.22. The van der Waals surface area contributed by atoms with Crippen molar-refractivity contribution in [3.63, 3.8) is 0 Å². The average Bonchev–Trinajstić information content (AvgIpc) is 3.46. The van der Waals surface area contributed by atoms with Gasteiger partial charge in [0, 0.05) is 52.6 Å². The molecule has 0 spiro atoms. The molecule has 5 rings (SSSR count). The van der Waals surface area contributed by atoms with Crippen molar-refractivity contribution >= 4 is 46.5 Å². The number of thiophene rings is 1. The molecule has 0 bridgehead atoms. The number of hydrogen-bond acceptors (Lipinski definition) is 7. The SMILES string of the molecule is Cc1sc2c(c1C)C(c1ccc(Cl)cc1)=N[C@@H](CC(=O)NCCCCNC(=O)/C=C/c1cccnc1)c1nnc(C)n1-2.